The fourth-order valence-corrected chi connectivity index (χ4v) is 2.78. The lowest BCUT2D eigenvalue weighted by molar-refractivity contribution is 0.494. The monoisotopic (exact) mass is 295 g/mol. The summed E-state index contributed by atoms with van der Waals surface area (Å²) in [7, 11) is -3.27. The van der Waals surface area contributed by atoms with Crippen molar-refractivity contribution in [1.29, 1.82) is 0 Å². The molecule has 20 heavy (non-hydrogen) atoms. The second-order valence-corrected chi connectivity index (χ2v) is 6.38. The Morgan fingerprint density at radius 3 is 2.70 bits per heavy atom. The molecule has 1 aromatic heterocycles. The molecule has 0 aliphatic rings. The van der Waals surface area contributed by atoms with Crippen molar-refractivity contribution in [3.8, 4) is 11.5 Å². The zero-order chi connectivity index (χ0) is 14.6. The molecule has 0 saturated heterocycles. The van der Waals surface area contributed by atoms with Gasteiger partial charge in [0.25, 0.3) is 0 Å². The van der Waals surface area contributed by atoms with E-state index in [1.165, 1.54) is 0 Å². The maximum absolute atomic E-state index is 11.5. The summed E-state index contributed by atoms with van der Waals surface area (Å²) < 4.78 is 31.0. The van der Waals surface area contributed by atoms with Gasteiger partial charge >= 0.3 is 0 Å². The van der Waals surface area contributed by atoms with Crippen molar-refractivity contribution in [1.82, 2.24) is 14.9 Å². The first-order chi connectivity index (χ1) is 9.52. The molecule has 0 fully saturated rings. The molecular weight excluding hydrogens is 278 g/mol. The van der Waals surface area contributed by atoms with Crippen LogP contribution in [0.25, 0.3) is 11.5 Å². The molecule has 0 aliphatic heterocycles. The number of aryl methyl sites for hydroxylation is 1. The van der Waals surface area contributed by atoms with Gasteiger partial charge in [0, 0.05) is 5.56 Å². The van der Waals surface area contributed by atoms with Crippen LogP contribution in [0.1, 0.15) is 24.8 Å². The molecule has 0 bridgehead atoms. The van der Waals surface area contributed by atoms with E-state index in [2.05, 4.69) is 14.9 Å². The van der Waals surface area contributed by atoms with Gasteiger partial charge in [-0.15, -0.1) is 10.2 Å². The Bertz CT molecular complexity index is 680. The van der Waals surface area contributed by atoms with Crippen molar-refractivity contribution in [3.63, 3.8) is 0 Å². The molecule has 1 aromatic carbocycles. The first-order valence-corrected chi connectivity index (χ1v) is 8.03. The lowest BCUT2D eigenvalue weighted by Gasteiger charge is -2.02. The molecule has 0 saturated carbocycles. The van der Waals surface area contributed by atoms with E-state index in [-0.39, 0.29) is 18.2 Å². The number of benzene rings is 1. The molecule has 0 atom stereocenters. The Balaban J connectivity index is 2.09. The Morgan fingerprint density at radius 1 is 1.25 bits per heavy atom. The highest BCUT2D eigenvalue weighted by molar-refractivity contribution is 7.89. The first kappa shape index (κ1) is 14.7. The summed E-state index contributed by atoms with van der Waals surface area (Å²) in [5.41, 5.74) is 1.87. The average molecular weight is 295 g/mol. The molecule has 0 radical (unpaired) electrons. The molecule has 2 aromatic rings. The number of sulfonamides is 1. The zero-order valence-electron chi connectivity index (χ0n) is 11.5. The van der Waals surface area contributed by atoms with Crippen LogP contribution in [-0.4, -0.2) is 24.4 Å². The third-order valence-corrected chi connectivity index (χ3v) is 4.29. The van der Waals surface area contributed by atoms with E-state index >= 15 is 0 Å². The summed E-state index contributed by atoms with van der Waals surface area (Å²) >= 11 is 0. The van der Waals surface area contributed by atoms with Gasteiger partial charge in [0.15, 0.2) is 0 Å². The summed E-state index contributed by atoms with van der Waals surface area (Å²) in [6, 6.07) is 7.64. The molecule has 1 N–H and O–H groups in total. The van der Waals surface area contributed by atoms with Gasteiger partial charge in [-0.3, -0.25) is 0 Å². The van der Waals surface area contributed by atoms with Gasteiger partial charge in [0.05, 0.1) is 12.3 Å². The molecule has 0 amide bonds. The number of nitrogens with one attached hydrogen (secondary N) is 1. The van der Waals surface area contributed by atoms with Crippen LogP contribution in [0.5, 0.6) is 0 Å². The lowest BCUT2D eigenvalue weighted by Crippen LogP contribution is -2.25. The van der Waals surface area contributed by atoms with Crippen molar-refractivity contribution in [2.45, 2.75) is 26.8 Å². The molecular formula is C13H17N3O3S. The minimum atomic E-state index is -3.27. The first-order valence-electron chi connectivity index (χ1n) is 6.37. The highest BCUT2D eigenvalue weighted by atomic mass is 32.2. The molecule has 6 nitrogen and oxygen atoms in total. The van der Waals surface area contributed by atoms with Crippen LogP contribution in [-0.2, 0) is 16.6 Å². The van der Waals surface area contributed by atoms with Crippen molar-refractivity contribution >= 4 is 10.0 Å². The minimum Gasteiger partial charge on any atom is -0.419 e. The third-order valence-electron chi connectivity index (χ3n) is 2.76. The number of aromatic nitrogens is 2. The van der Waals surface area contributed by atoms with E-state index in [4.69, 9.17) is 4.42 Å². The van der Waals surface area contributed by atoms with Gasteiger partial charge in [-0.05, 0) is 25.0 Å². The van der Waals surface area contributed by atoms with E-state index in [0.717, 1.165) is 11.1 Å². The molecule has 1 heterocycles. The molecule has 0 unspecified atom stereocenters. The van der Waals surface area contributed by atoms with Crippen molar-refractivity contribution in [2.24, 2.45) is 0 Å². The standard InChI is InChI=1S/C13H17N3O3S/c1-3-8-20(17,18)14-9-12-15-16-13(19-12)11-7-5-4-6-10(11)2/h4-7,14H,3,8-9H2,1-2H3. The Morgan fingerprint density at radius 2 is 2.00 bits per heavy atom. The fourth-order valence-electron chi connectivity index (χ4n) is 1.76. The predicted octanol–water partition coefficient (Wildman–Crippen LogP) is 1.87. The topological polar surface area (TPSA) is 85.1 Å². The molecule has 7 heteroatoms. The Labute approximate surface area is 118 Å². The van der Waals surface area contributed by atoms with Gasteiger partial charge in [-0.25, -0.2) is 13.1 Å². The summed E-state index contributed by atoms with van der Waals surface area (Å²) in [4.78, 5) is 0. The van der Waals surface area contributed by atoms with Gasteiger partial charge < -0.3 is 4.42 Å². The minimum absolute atomic E-state index is 0.0151. The van der Waals surface area contributed by atoms with E-state index in [9.17, 15) is 8.42 Å². The van der Waals surface area contributed by atoms with Crippen molar-refractivity contribution in [2.75, 3.05) is 5.75 Å². The quantitative estimate of drug-likeness (QED) is 0.879. The molecule has 0 spiro atoms. The van der Waals surface area contributed by atoms with E-state index < -0.39 is 10.0 Å². The Hall–Kier alpha value is -1.73. The van der Waals surface area contributed by atoms with Crippen LogP contribution in [0.15, 0.2) is 28.7 Å². The largest absolute Gasteiger partial charge is 0.419 e. The maximum atomic E-state index is 11.5. The number of rotatable bonds is 6. The van der Waals surface area contributed by atoms with Crippen molar-refractivity contribution < 1.29 is 12.8 Å². The van der Waals surface area contributed by atoms with Crippen LogP contribution in [0.4, 0.5) is 0 Å². The number of hydrogen-bond donors (Lipinski definition) is 1. The highest BCUT2D eigenvalue weighted by Gasteiger charge is 2.13. The predicted molar refractivity (Wildman–Crippen MR) is 75.4 cm³/mol. The smallest absolute Gasteiger partial charge is 0.248 e. The SMILES string of the molecule is CCCS(=O)(=O)NCc1nnc(-c2ccccc2C)o1. The summed E-state index contributed by atoms with van der Waals surface area (Å²) in [6.45, 7) is 3.77. The van der Waals surface area contributed by atoms with Crippen LogP contribution < -0.4 is 4.72 Å². The molecule has 2 rings (SSSR count). The van der Waals surface area contributed by atoms with E-state index in [0.29, 0.717) is 12.3 Å². The summed E-state index contributed by atoms with van der Waals surface area (Å²) in [5, 5.41) is 7.80. The van der Waals surface area contributed by atoms with Gasteiger partial charge in [0.2, 0.25) is 21.8 Å². The van der Waals surface area contributed by atoms with Crippen LogP contribution in [0.2, 0.25) is 0 Å². The van der Waals surface area contributed by atoms with E-state index in [1.807, 2.05) is 38.1 Å². The number of nitrogens with zero attached hydrogens (tertiary/aromatic N) is 2. The van der Waals surface area contributed by atoms with Crippen molar-refractivity contribution in [3.05, 3.63) is 35.7 Å². The van der Waals surface area contributed by atoms with Crippen LogP contribution in [0, 0.1) is 6.92 Å². The van der Waals surface area contributed by atoms with Crippen LogP contribution in [0.3, 0.4) is 0 Å². The summed E-state index contributed by atoms with van der Waals surface area (Å²) in [5.74, 6) is 0.738. The Kier molecular flexibility index (Phi) is 4.51. The fraction of sp³-hybridized carbons (Fsp3) is 0.385. The molecule has 108 valence electrons. The van der Waals surface area contributed by atoms with Gasteiger partial charge in [-0.1, -0.05) is 25.1 Å². The zero-order valence-corrected chi connectivity index (χ0v) is 12.3. The van der Waals surface area contributed by atoms with Gasteiger partial charge in [-0.2, -0.15) is 0 Å². The average Bonchev–Trinajstić information content (AvgIpc) is 2.86. The molecule has 0 aliphatic carbocycles. The van der Waals surface area contributed by atoms with E-state index in [1.54, 1.807) is 0 Å². The van der Waals surface area contributed by atoms with Crippen LogP contribution >= 0.6 is 0 Å². The maximum Gasteiger partial charge on any atom is 0.248 e. The number of hydrogen-bond acceptors (Lipinski definition) is 5. The highest BCUT2D eigenvalue weighted by Crippen LogP contribution is 2.21. The third kappa shape index (κ3) is 3.64. The summed E-state index contributed by atoms with van der Waals surface area (Å²) in [6.07, 6.45) is 0.563. The second-order valence-electron chi connectivity index (χ2n) is 4.46. The normalized spacial score (nSPS) is 11.7. The van der Waals surface area contributed by atoms with Gasteiger partial charge in [0.1, 0.15) is 0 Å². The second kappa shape index (κ2) is 6.15. The lowest BCUT2D eigenvalue weighted by atomic mass is 10.1.